The highest BCUT2D eigenvalue weighted by atomic mass is 16.5. The fourth-order valence-corrected chi connectivity index (χ4v) is 2.96. The number of hydrogen-bond acceptors (Lipinski definition) is 6. The Morgan fingerprint density at radius 3 is 2.63 bits per heavy atom. The second-order valence-corrected chi connectivity index (χ2v) is 6.84. The van der Waals surface area contributed by atoms with Crippen LogP contribution in [0.15, 0.2) is 65.8 Å². The van der Waals surface area contributed by atoms with Gasteiger partial charge in [-0.3, -0.25) is 9.36 Å². The summed E-state index contributed by atoms with van der Waals surface area (Å²) in [6.45, 7) is 4.14. The summed E-state index contributed by atoms with van der Waals surface area (Å²) in [6.07, 6.45) is 7.04. The normalized spacial score (nSPS) is 10.7. The largest absolute Gasteiger partial charge is 0.489 e. The molecule has 0 spiro atoms. The van der Waals surface area contributed by atoms with E-state index in [-0.39, 0.29) is 12.3 Å². The van der Waals surface area contributed by atoms with E-state index in [0.29, 0.717) is 12.3 Å². The van der Waals surface area contributed by atoms with Gasteiger partial charge in [-0.1, -0.05) is 17.3 Å². The summed E-state index contributed by atoms with van der Waals surface area (Å²) in [5, 5.41) is 6.78. The first kappa shape index (κ1) is 19.4. The Bertz CT molecular complexity index is 1100. The van der Waals surface area contributed by atoms with Crippen LogP contribution < -0.4 is 10.1 Å². The fraction of sp³-hybridized carbons (Fsp3) is 0.182. The molecule has 1 aromatic carbocycles. The van der Waals surface area contributed by atoms with Gasteiger partial charge in [0.1, 0.15) is 30.3 Å². The van der Waals surface area contributed by atoms with E-state index in [9.17, 15) is 4.79 Å². The third kappa shape index (κ3) is 4.54. The first-order valence-corrected chi connectivity index (χ1v) is 9.46. The van der Waals surface area contributed by atoms with Crippen molar-refractivity contribution in [2.45, 2.75) is 26.9 Å². The molecule has 0 aliphatic carbocycles. The van der Waals surface area contributed by atoms with Gasteiger partial charge in [-0.2, -0.15) is 0 Å². The van der Waals surface area contributed by atoms with E-state index < -0.39 is 0 Å². The standard InChI is InChI=1S/C22H21N5O3/c1-15-20(16(2)30-26-15)13-29-19-6-3-17(4-7-19)11-22(28)25-18-5-8-21(24-12-18)27-10-9-23-14-27/h3-10,12,14H,11,13H2,1-2H3,(H,25,28). The molecule has 3 aromatic heterocycles. The Balaban J connectivity index is 1.30. The van der Waals surface area contributed by atoms with Crippen LogP contribution in [-0.2, 0) is 17.8 Å². The molecule has 152 valence electrons. The van der Waals surface area contributed by atoms with E-state index in [4.69, 9.17) is 9.26 Å². The fourth-order valence-electron chi connectivity index (χ4n) is 2.96. The number of aryl methyl sites for hydroxylation is 2. The van der Waals surface area contributed by atoms with Crippen LogP contribution in [-0.4, -0.2) is 25.6 Å². The quantitative estimate of drug-likeness (QED) is 0.506. The number of ether oxygens (including phenoxy) is 1. The minimum atomic E-state index is -0.114. The van der Waals surface area contributed by atoms with Crippen LogP contribution in [0.25, 0.3) is 5.82 Å². The first-order chi connectivity index (χ1) is 14.6. The zero-order valence-electron chi connectivity index (χ0n) is 16.7. The molecule has 0 radical (unpaired) electrons. The summed E-state index contributed by atoms with van der Waals surface area (Å²) in [5.41, 5.74) is 3.31. The van der Waals surface area contributed by atoms with Crippen LogP contribution in [0.5, 0.6) is 5.75 Å². The summed E-state index contributed by atoms with van der Waals surface area (Å²) in [4.78, 5) is 20.7. The van der Waals surface area contributed by atoms with Gasteiger partial charge in [0.2, 0.25) is 5.91 Å². The van der Waals surface area contributed by atoms with Crippen molar-refractivity contribution in [2.24, 2.45) is 0 Å². The minimum absolute atomic E-state index is 0.114. The molecule has 3 heterocycles. The SMILES string of the molecule is Cc1noc(C)c1COc1ccc(CC(=O)Nc2ccc(-n3ccnc3)nc2)cc1. The number of anilines is 1. The monoisotopic (exact) mass is 403 g/mol. The predicted molar refractivity (Wildman–Crippen MR) is 110 cm³/mol. The zero-order chi connectivity index (χ0) is 20.9. The van der Waals surface area contributed by atoms with Crippen molar-refractivity contribution >= 4 is 11.6 Å². The lowest BCUT2D eigenvalue weighted by Crippen LogP contribution is -2.14. The maximum absolute atomic E-state index is 12.3. The van der Waals surface area contributed by atoms with Gasteiger partial charge in [-0.05, 0) is 43.7 Å². The van der Waals surface area contributed by atoms with Gasteiger partial charge in [-0.15, -0.1) is 0 Å². The van der Waals surface area contributed by atoms with Crippen LogP contribution in [0.4, 0.5) is 5.69 Å². The molecule has 8 heteroatoms. The van der Waals surface area contributed by atoms with E-state index in [0.717, 1.165) is 34.1 Å². The van der Waals surface area contributed by atoms with Gasteiger partial charge in [0.25, 0.3) is 0 Å². The number of hydrogen-bond donors (Lipinski definition) is 1. The van der Waals surface area contributed by atoms with Gasteiger partial charge in [-0.25, -0.2) is 9.97 Å². The Labute approximate surface area is 173 Å². The zero-order valence-corrected chi connectivity index (χ0v) is 16.7. The molecule has 4 rings (SSSR count). The third-order valence-corrected chi connectivity index (χ3v) is 4.65. The minimum Gasteiger partial charge on any atom is -0.489 e. The maximum Gasteiger partial charge on any atom is 0.228 e. The number of rotatable bonds is 7. The third-order valence-electron chi connectivity index (χ3n) is 4.65. The topological polar surface area (TPSA) is 95.1 Å². The number of carbonyl (C=O) groups excluding carboxylic acids is 1. The summed E-state index contributed by atoms with van der Waals surface area (Å²) in [5.74, 6) is 2.10. The van der Waals surface area contributed by atoms with Crippen molar-refractivity contribution < 1.29 is 14.1 Å². The highest BCUT2D eigenvalue weighted by Crippen LogP contribution is 2.18. The number of carbonyl (C=O) groups is 1. The number of aromatic nitrogens is 4. The van der Waals surface area contributed by atoms with Gasteiger partial charge in [0, 0.05) is 12.4 Å². The molecule has 0 aliphatic heterocycles. The van der Waals surface area contributed by atoms with Crippen LogP contribution in [0.1, 0.15) is 22.6 Å². The number of pyridine rings is 1. The lowest BCUT2D eigenvalue weighted by atomic mass is 10.1. The molecule has 0 atom stereocenters. The molecule has 0 unspecified atom stereocenters. The number of imidazole rings is 1. The molecule has 0 aliphatic rings. The predicted octanol–water partition coefficient (Wildman–Crippen LogP) is 3.63. The van der Waals surface area contributed by atoms with Crippen molar-refractivity contribution in [3.05, 3.63) is 83.9 Å². The second-order valence-electron chi connectivity index (χ2n) is 6.84. The molecule has 4 aromatic rings. The van der Waals surface area contributed by atoms with E-state index in [2.05, 4.69) is 20.4 Å². The molecule has 30 heavy (non-hydrogen) atoms. The highest BCUT2D eigenvalue weighted by molar-refractivity contribution is 5.92. The molecule has 8 nitrogen and oxygen atoms in total. The van der Waals surface area contributed by atoms with Crippen molar-refractivity contribution in [2.75, 3.05) is 5.32 Å². The average molecular weight is 403 g/mol. The second kappa shape index (κ2) is 8.60. The summed E-state index contributed by atoms with van der Waals surface area (Å²) in [6, 6.07) is 11.1. The van der Waals surface area contributed by atoms with E-state index in [1.165, 1.54) is 0 Å². The summed E-state index contributed by atoms with van der Waals surface area (Å²) >= 11 is 0. The van der Waals surface area contributed by atoms with Crippen molar-refractivity contribution in [1.82, 2.24) is 19.7 Å². The molecule has 0 fully saturated rings. The van der Waals surface area contributed by atoms with Crippen LogP contribution in [0.2, 0.25) is 0 Å². The average Bonchev–Trinajstić information content (AvgIpc) is 3.39. The Morgan fingerprint density at radius 1 is 1.17 bits per heavy atom. The summed E-state index contributed by atoms with van der Waals surface area (Å²) < 4.78 is 12.7. The smallest absolute Gasteiger partial charge is 0.228 e. The van der Waals surface area contributed by atoms with E-state index >= 15 is 0 Å². The Morgan fingerprint density at radius 2 is 2.00 bits per heavy atom. The summed E-state index contributed by atoms with van der Waals surface area (Å²) in [7, 11) is 0. The highest BCUT2D eigenvalue weighted by Gasteiger charge is 2.10. The molecular formula is C22H21N5O3. The van der Waals surface area contributed by atoms with E-state index in [1.807, 2.05) is 56.4 Å². The van der Waals surface area contributed by atoms with E-state index in [1.54, 1.807) is 23.3 Å². The lowest BCUT2D eigenvalue weighted by Gasteiger charge is -2.08. The van der Waals surface area contributed by atoms with Crippen LogP contribution >= 0.6 is 0 Å². The van der Waals surface area contributed by atoms with Crippen molar-refractivity contribution in [1.29, 1.82) is 0 Å². The first-order valence-electron chi connectivity index (χ1n) is 9.46. The van der Waals surface area contributed by atoms with Gasteiger partial charge in [0.05, 0.1) is 29.6 Å². The van der Waals surface area contributed by atoms with Gasteiger partial charge in [0.15, 0.2) is 0 Å². The Kier molecular flexibility index (Phi) is 5.56. The molecule has 1 amide bonds. The maximum atomic E-state index is 12.3. The molecule has 0 bridgehead atoms. The Hall–Kier alpha value is -3.94. The molecule has 1 N–H and O–H groups in total. The van der Waals surface area contributed by atoms with Crippen LogP contribution in [0.3, 0.4) is 0 Å². The van der Waals surface area contributed by atoms with Gasteiger partial charge < -0.3 is 14.6 Å². The van der Waals surface area contributed by atoms with Gasteiger partial charge >= 0.3 is 0 Å². The molecule has 0 saturated heterocycles. The molecule has 0 saturated carbocycles. The lowest BCUT2D eigenvalue weighted by molar-refractivity contribution is -0.115. The number of nitrogens with one attached hydrogen (secondary N) is 1. The van der Waals surface area contributed by atoms with Crippen molar-refractivity contribution in [3.8, 4) is 11.6 Å². The molecular weight excluding hydrogens is 382 g/mol. The number of benzene rings is 1. The number of amides is 1. The van der Waals surface area contributed by atoms with Crippen LogP contribution in [0, 0.1) is 13.8 Å². The van der Waals surface area contributed by atoms with Crippen molar-refractivity contribution in [3.63, 3.8) is 0 Å². The number of nitrogens with zero attached hydrogens (tertiary/aromatic N) is 4.